The number of nitrogens with zero attached hydrogens (tertiary/aromatic N) is 1. The summed E-state index contributed by atoms with van der Waals surface area (Å²) in [6, 6.07) is 9.36. The lowest BCUT2D eigenvalue weighted by Gasteiger charge is -2.09. The van der Waals surface area contributed by atoms with E-state index in [1.807, 2.05) is 12.1 Å². The summed E-state index contributed by atoms with van der Waals surface area (Å²) >= 11 is 0. The van der Waals surface area contributed by atoms with Crippen LogP contribution in [0.3, 0.4) is 0 Å². The number of hydrogen-bond donors (Lipinski definition) is 2. The van der Waals surface area contributed by atoms with Gasteiger partial charge in [0.1, 0.15) is 5.75 Å². The molecule has 3 nitrogen and oxygen atoms in total. The monoisotopic (exact) mass is 212 g/mol. The Morgan fingerprint density at radius 2 is 2.12 bits per heavy atom. The number of rotatable bonds is 1. The van der Waals surface area contributed by atoms with Gasteiger partial charge in [0, 0.05) is 24.2 Å². The Labute approximate surface area is 93.6 Å². The molecule has 0 bridgehead atoms. The molecule has 0 fully saturated rings. The standard InChI is InChI=1S/C13H12N2O/c14-7-12-9-2-1-5-15-13(9)10-4-3-8(16)6-11(10)12/h1-6,12,16H,7,14H2. The number of phenols is 1. The Hall–Kier alpha value is -1.87. The fourth-order valence-electron chi connectivity index (χ4n) is 2.40. The molecular formula is C13H12N2O. The smallest absolute Gasteiger partial charge is 0.115 e. The van der Waals surface area contributed by atoms with Crippen molar-refractivity contribution < 1.29 is 5.11 Å². The maximum Gasteiger partial charge on any atom is 0.115 e. The van der Waals surface area contributed by atoms with Gasteiger partial charge in [0.05, 0.1) is 5.69 Å². The third-order valence-corrected chi connectivity index (χ3v) is 3.12. The van der Waals surface area contributed by atoms with Gasteiger partial charge < -0.3 is 10.8 Å². The van der Waals surface area contributed by atoms with Crippen LogP contribution in [0, 0.1) is 0 Å². The van der Waals surface area contributed by atoms with E-state index in [-0.39, 0.29) is 11.7 Å². The van der Waals surface area contributed by atoms with Crippen LogP contribution in [0.15, 0.2) is 36.5 Å². The largest absolute Gasteiger partial charge is 0.508 e. The molecule has 1 aromatic heterocycles. The molecule has 2 aromatic rings. The Kier molecular flexibility index (Phi) is 1.94. The summed E-state index contributed by atoms with van der Waals surface area (Å²) in [7, 11) is 0. The van der Waals surface area contributed by atoms with Crippen molar-refractivity contribution >= 4 is 0 Å². The van der Waals surface area contributed by atoms with E-state index in [2.05, 4.69) is 11.1 Å². The summed E-state index contributed by atoms with van der Waals surface area (Å²) in [5, 5.41) is 9.53. The van der Waals surface area contributed by atoms with Crippen molar-refractivity contribution in [2.75, 3.05) is 6.54 Å². The van der Waals surface area contributed by atoms with Gasteiger partial charge in [-0.3, -0.25) is 4.98 Å². The van der Waals surface area contributed by atoms with E-state index in [1.165, 1.54) is 0 Å². The number of benzene rings is 1. The summed E-state index contributed by atoms with van der Waals surface area (Å²) in [5.74, 6) is 0.441. The van der Waals surface area contributed by atoms with Crippen molar-refractivity contribution in [3.8, 4) is 17.0 Å². The third-order valence-electron chi connectivity index (χ3n) is 3.12. The predicted octanol–water partition coefficient (Wildman–Crippen LogP) is 1.86. The van der Waals surface area contributed by atoms with Gasteiger partial charge in [-0.15, -0.1) is 0 Å². The topological polar surface area (TPSA) is 59.1 Å². The lowest BCUT2D eigenvalue weighted by atomic mass is 9.97. The number of aromatic nitrogens is 1. The second-order valence-corrected chi connectivity index (χ2v) is 4.00. The number of fused-ring (bicyclic) bond motifs is 3. The van der Waals surface area contributed by atoms with Gasteiger partial charge in [0.15, 0.2) is 0 Å². The molecule has 0 spiro atoms. The minimum atomic E-state index is 0.158. The third kappa shape index (κ3) is 1.15. The van der Waals surface area contributed by atoms with Crippen molar-refractivity contribution in [3.05, 3.63) is 47.7 Å². The average Bonchev–Trinajstić information content (AvgIpc) is 2.61. The lowest BCUT2D eigenvalue weighted by Crippen LogP contribution is -2.11. The highest BCUT2D eigenvalue weighted by Crippen LogP contribution is 2.43. The van der Waals surface area contributed by atoms with Crippen molar-refractivity contribution in [1.82, 2.24) is 4.98 Å². The molecule has 0 saturated carbocycles. The van der Waals surface area contributed by atoms with Crippen LogP contribution in [0.5, 0.6) is 5.75 Å². The summed E-state index contributed by atoms with van der Waals surface area (Å²) in [6.07, 6.45) is 1.79. The van der Waals surface area contributed by atoms with E-state index in [1.54, 1.807) is 18.3 Å². The second-order valence-electron chi connectivity index (χ2n) is 4.00. The zero-order valence-electron chi connectivity index (χ0n) is 8.72. The molecule has 1 aromatic carbocycles. The van der Waals surface area contributed by atoms with E-state index >= 15 is 0 Å². The summed E-state index contributed by atoms with van der Waals surface area (Å²) in [4.78, 5) is 4.39. The fourth-order valence-corrected chi connectivity index (χ4v) is 2.40. The van der Waals surface area contributed by atoms with Crippen LogP contribution in [-0.4, -0.2) is 16.6 Å². The van der Waals surface area contributed by atoms with Crippen molar-refractivity contribution in [1.29, 1.82) is 0 Å². The summed E-state index contributed by atoms with van der Waals surface area (Å²) < 4.78 is 0. The minimum Gasteiger partial charge on any atom is -0.508 e. The molecular weight excluding hydrogens is 200 g/mol. The molecule has 1 aliphatic carbocycles. The highest BCUT2D eigenvalue weighted by atomic mass is 16.3. The first-order valence-corrected chi connectivity index (χ1v) is 5.29. The maximum atomic E-state index is 9.53. The summed E-state index contributed by atoms with van der Waals surface area (Å²) in [5.41, 5.74) is 10.1. The van der Waals surface area contributed by atoms with E-state index < -0.39 is 0 Å². The Balaban J connectivity index is 2.29. The number of nitrogens with two attached hydrogens (primary N) is 1. The molecule has 0 saturated heterocycles. The van der Waals surface area contributed by atoms with Crippen LogP contribution in [-0.2, 0) is 0 Å². The van der Waals surface area contributed by atoms with Crippen LogP contribution < -0.4 is 5.73 Å². The molecule has 3 N–H and O–H groups in total. The molecule has 1 atom stereocenters. The van der Waals surface area contributed by atoms with Crippen LogP contribution in [0.25, 0.3) is 11.3 Å². The quantitative estimate of drug-likeness (QED) is 0.758. The summed E-state index contributed by atoms with van der Waals surface area (Å²) in [6.45, 7) is 0.537. The first-order valence-electron chi connectivity index (χ1n) is 5.29. The second kappa shape index (κ2) is 3.32. The van der Waals surface area contributed by atoms with Gasteiger partial charge >= 0.3 is 0 Å². The van der Waals surface area contributed by atoms with Gasteiger partial charge in [-0.25, -0.2) is 0 Å². The maximum absolute atomic E-state index is 9.53. The normalized spacial score (nSPS) is 16.9. The van der Waals surface area contributed by atoms with Gasteiger partial charge in [0.25, 0.3) is 0 Å². The molecule has 1 aliphatic rings. The molecule has 0 radical (unpaired) electrons. The molecule has 3 heteroatoms. The molecule has 0 aliphatic heterocycles. The van der Waals surface area contributed by atoms with Crippen molar-refractivity contribution in [3.63, 3.8) is 0 Å². The van der Waals surface area contributed by atoms with Crippen LogP contribution in [0.4, 0.5) is 0 Å². The van der Waals surface area contributed by atoms with Crippen LogP contribution in [0.1, 0.15) is 17.0 Å². The van der Waals surface area contributed by atoms with Gasteiger partial charge in [-0.2, -0.15) is 0 Å². The average molecular weight is 212 g/mol. The lowest BCUT2D eigenvalue weighted by molar-refractivity contribution is 0.474. The number of hydrogen-bond acceptors (Lipinski definition) is 3. The van der Waals surface area contributed by atoms with Crippen LogP contribution in [0.2, 0.25) is 0 Å². The number of aromatic hydroxyl groups is 1. The van der Waals surface area contributed by atoms with E-state index in [0.717, 1.165) is 22.4 Å². The molecule has 1 heterocycles. The molecule has 1 unspecified atom stereocenters. The molecule has 16 heavy (non-hydrogen) atoms. The van der Waals surface area contributed by atoms with Crippen molar-refractivity contribution in [2.45, 2.75) is 5.92 Å². The van der Waals surface area contributed by atoms with Gasteiger partial charge in [-0.1, -0.05) is 6.07 Å². The van der Waals surface area contributed by atoms with Crippen LogP contribution >= 0.6 is 0 Å². The highest BCUT2D eigenvalue weighted by Gasteiger charge is 2.28. The number of phenolic OH excluding ortho intramolecular Hbond substituents is 1. The van der Waals surface area contributed by atoms with E-state index in [0.29, 0.717) is 6.54 Å². The SMILES string of the molecule is NCC1c2cc(O)ccc2-c2ncccc21. The highest BCUT2D eigenvalue weighted by molar-refractivity contribution is 5.76. The van der Waals surface area contributed by atoms with E-state index in [4.69, 9.17) is 5.73 Å². The Morgan fingerprint density at radius 1 is 1.25 bits per heavy atom. The molecule has 80 valence electrons. The first-order chi connectivity index (χ1) is 7.81. The zero-order chi connectivity index (χ0) is 11.1. The van der Waals surface area contributed by atoms with Gasteiger partial charge in [0.2, 0.25) is 0 Å². The Morgan fingerprint density at radius 3 is 2.94 bits per heavy atom. The molecule has 0 amide bonds. The Bertz CT molecular complexity index is 551. The van der Waals surface area contributed by atoms with E-state index in [9.17, 15) is 5.11 Å². The zero-order valence-corrected chi connectivity index (χ0v) is 8.72. The predicted molar refractivity (Wildman–Crippen MR) is 62.2 cm³/mol. The fraction of sp³-hybridized carbons (Fsp3) is 0.154. The minimum absolute atomic E-state index is 0.158. The van der Waals surface area contributed by atoms with Gasteiger partial charge in [-0.05, 0) is 35.4 Å². The molecule has 3 rings (SSSR count). The number of pyridine rings is 1. The first kappa shape index (κ1) is 9.36. The van der Waals surface area contributed by atoms with Crippen molar-refractivity contribution in [2.24, 2.45) is 5.73 Å².